The zero-order valence-electron chi connectivity index (χ0n) is 18.9. The topological polar surface area (TPSA) is 100 Å². The molecule has 0 aliphatic heterocycles. The zero-order valence-corrected chi connectivity index (χ0v) is 19.8. The van der Waals surface area contributed by atoms with Crippen LogP contribution in [0, 0.1) is 0 Å². The summed E-state index contributed by atoms with van der Waals surface area (Å²) in [6, 6.07) is 23.3. The molecule has 0 spiro atoms. The fourth-order valence-electron chi connectivity index (χ4n) is 3.11. The molecule has 3 aromatic carbocycles. The number of ether oxygens (including phenoxy) is 2. The summed E-state index contributed by atoms with van der Waals surface area (Å²) in [5, 5.41) is 2.87. The molecular formula is C25H26NO7P. The van der Waals surface area contributed by atoms with Crippen LogP contribution in [0.2, 0.25) is 0 Å². The van der Waals surface area contributed by atoms with Crippen LogP contribution < -0.4 is 10.6 Å². The van der Waals surface area contributed by atoms with E-state index < -0.39 is 25.7 Å². The van der Waals surface area contributed by atoms with Crippen molar-refractivity contribution in [2.45, 2.75) is 19.3 Å². The number of alkyl carbamates (subject to hydrolysis) is 1. The third-order valence-electron chi connectivity index (χ3n) is 4.96. The first kappa shape index (κ1) is 25.2. The van der Waals surface area contributed by atoms with Crippen molar-refractivity contribution in [3.8, 4) is 0 Å². The molecule has 178 valence electrons. The van der Waals surface area contributed by atoms with E-state index in [1.54, 1.807) is 12.1 Å². The van der Waals surface area contributed by atoms with Crippen LogP contribution in [0.4, 0.5) is 4.79 Å². The highest BCUT2D eigenvalue weighted by Gasteiger charge is 2.28. The average molecular weight is 483 g/mol. The van der Waals surface area contributed by atoms with Gasteiger partial charge in [-0.15, -0.1) is 0 Å². The summed E-state index contributed by atoms with van der Waals surface area (Å²) < 4.78 is 33.3. The van der Waals surface area contributed by atoms with Crippen LogP contribution in [-0.4, -0.2) is 26.3 Å². The fraction of sp³-hybridized carbons (Fsp3) is 0.200. The van der Waals surface area contributed by atoms with Gasteiger partial charge in [0.2, 0.25) is 0 Å². The Bertz CT molecular complexity index is 1110. The number of carbonyl (C=O) groups excluding carboxylic acids is 2. The van der Waals surface area contributed by atoms with E-state index in [2.05, 4.69) is 5.32 Å². The molecule has 1 amide bonds. The molecule has 34 heavy (non-hydrogen) atoms. The van der Waals surface area contributed by atoms with E-state index in [-0.39, 0.29) is 13.2 Å². The van der Waals surface area contributed by atoms with Crippen LogP contribution in [0.25, 0.3) is 0 Å². The van der Waals surface area contributed by atoms with Gasteiger partial charge in [-0.1, -0.05) is 72.8 Å². The minimum atomic E-state index is -3.46. The maximum Gasteiger partial charge on any atom is 0.408 e. The second-order valence-corrected chi connectivity index (χ2v) is 9.43. The number of nitrogens with one attached hydrogen (secondary N) is 1. The van der Waals surface area contributed by atoms with Gasteiger partial charge in [-0.3, -0.25) is 4.57 Å². The summed E-state index contributed by atoms with van der Waals surface area (Å²) >= 11 is 0. The summed E-state index contributed by atoms with van der Waals surface area (Å²) in [5.74, 6) is -0.671. The van der Waals surface area contributed by atoms with Gasteiger partial charge >= 0.3 is 19.7 Å². The summed E-state index contributed by atoms with van der Waals surface area (Å²) in [5.41, 5.74) is 2.02. The maximum atomic E-state index is 12.9. The number of hydrogen-bond donors (Lipinski definition) is 1. The van der Waals surface area contributed by atoms with Gasteiger partial charge < -0.3 is 23.8 Å². The van der Waals surface area contributed by atoms with E-state index in [1.165, 1.54) is 26.4 Å². The highest BCUT2D eigenvalue weighted by atomic mass is 31.2. The van der Waals surface area contributed by atoms with Crippen molar-refractivity contribution in [3.63, 3.8) is 0 Å². The molecule has 9 heteroatoms. The van der Waals surface area contributed by atoms with Gasteiger partial charge in [0, 0.05) is 14.2 Å². The van der Waals surface area contributed by atoms with Gasteiger partial charge in [0.05, 0.1) is 5.30 Å². The monoisotopic (exact) mass is 483 g/mol. The van der Waals surface area contributed by atoms with Gasteiger partial charge in [0.1, 0.15) is 13.2 Å². The summed E-state index contributed by atoms with van der Waals surface area (Å²) in [4.78, 5) is 25.4. The van der Waals surface area contributed by atoms with E-state index in [9.17, 15) is 14.2 Å². The molecule has 8 nitrogen and oxygen atoms in total. The highest BCUT2D eigenvalue weighted by molar-refractivity contribution is 7.62. The van der Waals surface area contributed by atoms with Gasteiger partial charge in [0.25, 0.3) is 0 Å². The number of hydrogen-bond acceptors (Lipinski definition) is 7. The molecule has 0 radical (unpaired) electrons. The van der Waals surface area contributed by atoms with Crippen molar-refractivity contribution >= 4 is 25.0 Å². The Hall–Kier alpha value is -3.45. The molecule has 3 aromatic rings. The smallest absolute Gasteiger partial charge is 0.408 e. The summed E-state index contributed by atoms with van der Waals surface area (Å²) in [6.45, 7) is 0.0831. The number of benzene rings is 3. The highest BCUT2D eigenvalue weighted by Crippen LogP contribution is 2.45. The second kappa shape index (κ2) is 12.1. The average Bonchev–Trinajstić information content (AvgIpc) is 2.90. The first-order valence-corrected chi connectivity index (χ1v) is 12.0. The van der Waals surface area contributed by atoms with Crippen molar-refractivity contribution in [3.05, 3.63) is 102 Å². The van der Waals surface area contributed by atoms with Crippen LogP contribution in [0.1, 0.15) is 22.7 Å². The van der Waals surface area contributed by atoms with Crippen molar-refractivity contribution < 1.29 is 32.7 Å². The van der Waals surface area contributed by atoms with E-state index >= 15 is 0 Å². The molecule has 1 N–H and O–H groups in total. The summed E-state index contributed by atoms with van der Waals surface area (Å²) in [6.07, 6.45) is -0.783. The van der Waals surface area contributed by atoms with Gasteiger partial charge in [-0.05, 0) is 28.8 Å². The minimum Gasteiger partial charge on any atom is -0.459 e. The molecule has 0 aliphatic carbocycles. The Morgan fingerprint density at radius 2 is 1.26 bits per heavy atom. The van der Waals surface area contributed by atoms with Gasteiger partial charge in [0.15, 0.2) is 6.04 Å². The van der Waals surface area contributed by atoms with Crippen molar-refractivity contribution in [1.29, 1.82) is 0 Å². The predicted molar refractivity (Wildman–Crippen MR) is 126 cm³/mol. The molecule has 0 unspecified atom stereocenters. The third kappa shape index (κ3) is 6.78. The van der Waals surface area contributed by atoms with E-state index in [1.807, 2.05) is 60.7 Å². The van der Waals surface area contributed by atoms with Crippen molar-refractivity contribution in [2.24, 2.45) is 0 Å². The molecule has 0 saturated heterocycles. The molecule has 1 atom stereocenters. The third-order valence-corrected chi connectivity index (χ3v) is 6.85. The Labute approximate surface area is 198 Å². The standard InChI is InChI=1S/C25H26NO7P/c1-30-34(29,31-2)22-15-13-21(14-16-22)23(24(27)32-17-19-9-5-3-6-10-19)26-25(28)33-18-20-11-7-4-8-12-20/h3-16,23H,17-18H2,1-2H3,(H,26,28)/t23-/m0/s1. The van der Waals surface area contributed by atoms with Crippen LogP contribution in [0.5, 0.6) is 0 Å². The minimum absolute atomic E-state index is 0.0392. The lowest BCUT2D eigenvalue weighted by Crippen LogP contribution is -2.35. The lowest BCUT2D eigenvalue weighted by molar-refractivity contribution is -0.147. The largest absolute Gasteiger partial charge is 0.459 e. The predicted octanol–water partition coefficient (Wildman–Crippen LogP) is 4.51. The molecule has 3 rings (SSSR count). The summed E-state index contributed by atoms with van der Waals surface area (Å²) in [7, 11) is -0.893. The number of amides is 1. The Morgan fingerprint density at radius 3 is 1.76 bits per heavy atom. The van der Waals surface area contributed by atoms with E-state index in [4.69, 9.17) is 18.5 Å². The van der Waals surface area contributed by atoms with Crippen LogP contribution in [-0.2, 0) is 41.1 Å². The van der Waals surface area contributed by atoms with Crippen molar-refractivity contribution in [1.82, 2.24) is 5.32 Å². The molecule has 0 saturated carbocycles. The zero-order chi connectivity index (χ0) is 24.4. The molecular weight excluding hydrogens is 457 g/mol. The Morgan fingerprint density at radius 1 is 0.765 bits per heavy atom. The normalized spacial score (nSPS) is 11.9. The SMILES string of the molecule is COP(=O)(OC)c1ccc([C@H](NC(=O)OCc2ccccc2)C(=O)OCc2ccccc2)cc1. The quantitative estimate of drug-likeness (QED) is 0.335. The van der Waals surface area contributed by atoms with Crippen LogP contribution in [0.15, 0.2) is 84.9 Å². The maximum absolute atomic E-state index is 12.9. The lowest BCUT2D eigenvalue weighted by atomic mass is 10.1. The lowest BCUT2D eigenvalue weighted by Gasteiger charge is -2.19. The second-order valence-electron chi connectivity index (χ2n) is 7.19. The van der Waals surface area contributed by atoms with Crippen LogP contribution >= 0.6 is 7.60 Å². The molecule has 0 heterocycles. The fourth-order valence-corrected chi connectivity index (χ4v) is 4.19. The molecule has 0 fully saturated rings. The first-order chi connectivity index (χ1) is 16.4. The van der Waals surface area contributed by atoms with Crippen LogP contribution in [0.3, 0.4) is 0 Å². The Kier molecular flexibility index (Phi) is 8.99. The number of carbonyl (C=O) groups is 2. The molecule has 0 aliphatic rings. The van der Waals surface area contributed by atoms with E-state index in [0.29, 0.717) is 10.9 Å². The Balaban J connectivity index is 1.75. The van der Waals surface area contributed by atoms with Gasteiger partial charge in [-0.25, -0.2) is 9.59 Å². The number of esters is 1. The molecule has 0 bridgehead atoms. The van der Waals surface area contributed by atoms with Gasteiger partial charge in [-0.2, -0.15) is 0 Å². The first-order valence-electron chi connectivity index (χ1n) is 10.4. The number of rotatable bonds is 10. The van der Waals surface area contributed by atoms with E-state index in [0.717, 1.165) is 11.1 Å². The van der Waals surface area contributed by atoms with Crippen molar-refractivity contribution in [2.75, 3.05) is 14.2 Å². The molecule has 0 aromatic heterocycles.